The topological polar surface area (TPSA) is 80.1 Å². The van der Waals surface area contributed by atoms with E-state index in [1.165, 1.54) is 20.9 Å². The van der Waals surface area contributed by atoms with Crippen LogP contribution in [-0.2, 0) is 24.3 Å². The number of rotatable bonds is 3. The molecule has 0 radical (unpaired) electrons. The van der Waals surface area contributed by atoms with E-state index in [1.807, 2.05) is 25.1 Å². The molecule has 1 aliphatic rings. The summed E-state index contributed by atoms with van der Waals surface area (Å²) in [5, 5.41) is 9.05. The van der Waals surface area contributed by atoms with Gasteiger partial charge in [-0.05, 0) is 20.0 Å². The van der Waals surface area contributed by atoms with Gasteiger partial charge in [0.2, 0.25) is 5.91 Å². The van der Waals surface area contributed by atoms with Crippen LogP contribution in [0.1, 0.15) is 16.3 Å². The third-order valence-corrected chi connectivity index (χ3v) is 5.51. The second-order valence-electron chi connectivity index (χ2n) is 6.52. The Kier molecular flexibility index (Phi) is 4.29. The lowest BCUT2D eigenvalue weighted by Crippen LogP contribution is -2.30. The Bertz CT molecular complexity index is 1060. The van der Waals surface area contributed by atoms with Crippen molar-refractivity contribution in [3.05, 3.63) is 50.9 Å². The highest BCUT2D eigenvalue weighted by Gasteiger charge is 2.19. The van der Waals surface area contributed by atoms with Gasteiger partial charge in [0.25, 0.3) is 5.56 Å². The molecular weight excluding hydrogens is 350 g/mol. The Hall–Kier alpha value is -2.58. The molecule has 3 heterocycles. The summed E-state index contributed by atoms with van der Waals surface area (Å²) in [5.41, 5.74) is 1.52. The zero-order chi connectivity index (χ0) is 18.3. The maximum absolute atomic E-state index is 12.6. The molecule has 0 aliphatic carbocycles. The van der Waals surface area contributed by atoms with Gasteiger partial charge in [0.15, 0.2) is 5.13 Å². The lowest BCUT2D eigenvalue weighted by Gasteiger charge is -2.20. The van der Waals surface area contributed by atoms with Crippen LogP contribution < -0.4 is 10.9 Å². The number of aromatic nitrogens is 3. The van der Waals surface area contributed by atoms with E-state index in [-0.39, 0.29) is 18.0 Å². The highest BCUT2D eigenvalue weighted by molar-refractivity contribution is 7.15. The van der Waals surface area contributed by atoms with Gasteiger partial charge in [-0.1, -0.05) is 18.2 Å². The maximum Gasteiger partial charge on any atom is 0.275 e. The van der Waals surface area contributed by atoms with Gasteiger partial charge in [0.1, 0.15) is 6.54 Å². The van der Waals surface area contributed by atoms with Gasteiger partial charge < -0.3 is 10.2 Å². The van der Waals surface area contributed by atoms with E-state index >= 15 is 0 Å². The van der Waals surface area contributed by atoms with Crippen molar-refractivity contribution in [2.75, 3.05) is 18.9 Å². The number of carbonyl (C=O) groups excluding carboxylic acids is 1. The molecule has 26 heavy (non-hydrogen) atoms. The molecule has 0 bridgehead atoms. The quantitative estimate of drug-likeness (QED) is 0.761. The average Bonchev–Trinajstić information content (AvgIpc) is 3.00. The predicted octanol–water partition coefficient (Wildman–Crippen LogP) is 1.79. The van der Waals surface area contributed by atoms with Crippen molar-refractivity contribution < 1.29 is 4.79 Å². The summed E-state index contributed by atoms with van der Waals surface area (Å²) in [6.45, 7) is 3.53. The minimum absolute atomic E-state index is 0.130. The van der Waals surface area contributed by atoms with Crippen LogP contribution in [0.2, 0.25) is 0 Å². The smallest absolute Gasteiger partial charge is 0.275 e. The Balaban J connectivity index is 1.55. The number of amides is 1. The first-order valence-electron chi connectivity index (χ1n) is 8.44. The van der Waals surface area contributed by atoms with Crippen LogP contribution >= 0.6 is 11.3 Å². The molecular formula is C18H19N5O2S. The second kappa shape index (κ2) is 6.62. The zero-order valence-electron chi connectivity index (χ0n) is 14.7. The monoisotopic (exact) mass is 369 g/mol. The largest absolute Gasteiger partial charge is 0.301 e. The number of likely N-dealkylation sites (N-methyl/N-ethyl adjacent to an activating group) is 1. The van der Waals surface area contributed by atoms with E-state index in [1.54, 1.807) is 6.07 Å². The van der Waals surface area contributed by atoms with E-state index in [4.69, 9.17) is 0 Å². The first-order valence-corrected chi connectivity index (χ1v) is 9.26. The number of thiazole rings is 1. The standard InChI is InChI=1S/C18H19N5O2S/c1-11-12-5-3-4-6-13(12)17(25)23(21-11)10-16(24)20-18-19-14-7-8-22(2)9-15(14)26-18/h3-6H,7-10H2,1-2H3,(H,19,20,24). The van der Waals surface area contributed by atoms with Crippen molar-refractivity contribution in [1.29, 1.82) is 0 Å². The summed E-state index contributed by atoms with van der Waals surface area (Å²) < 4.78 is 1.22. The van der Waals surface area contributed by atoms with Crippen LogP contribution in [-0.4, -0.2) is 39.2 Å². The Labute approximate surface area is 154 Å². The minimum atomic E-state index is -0.297. The SMILES string of the molecule is Cc1nn(CC(=O)Nc2nc3c(s2)CN(C)CC3)c(=O)c2ccccc12. The van der Waals surface area contributed by atoms with Gasteiger partial charge in [-0.15, -0.1) is 11.3 Å². The van der Waals surface area contributed by atoms with Crippen LogP contribution in [0, 0.1) is 6.92 Å². The lowest BCUT2D eigenvalue weighted by atomic mass is 10.1. The molecule has 1 aromatic carbocycles. The molecule has 0 fully saturated rings. The first kappa shape index (κ1) is 16.9. The summed E-state index contributed by atoms with van der Waals surface area (Å²) in [6, 6.07) is 7.30. The normalized spacial score (nSPS) is 14.4. The molecule has 134 valence electrons. The van der Waals surface area contributed by atoms with Crippen LogP contribution in [0.25, 0.3) is 10.8 Å². The van der Waals surface area contributed by atoms with Crippen molar-refractivity contribution in [3.8, 4) is 0 Å². The highest BCUT2D eigenvalue weighted by Crippen LogP contribution is 2.27. The number of fused-ring (bicyclic) bond motifs is 2. The van der Waals surface area contributed by atoms with Gasteiger partial charge in [-0.3, -0.25) is 9.59 Å². The number of nitrogens with zero attached hydrogens (tertiary/aromatic N) is 4. The molecule has 7 nitrogen and oxygen atoms in total. The molecule has 0 spiro atoms. The van der Waals surface area contributed by atoms with Gasteiger partial charge in [0.05, 0.1) is 16.8 Å². The molecule has 0 saturated heterocycles. The molecule has 2 aromatic heterocycles. The molecule has 4 rings (SSSR count). The number of hydrogen-bond donors (Lipinski definition) is 1. The molecule has 8 heteroatoms. The van der Waals surface area contributed by atoms with Crippen molar-refractivity contribution >= 4 is 33.1 Å². The van der Waals surface area contributed by atoms with E-state index in [9.17, 15) is 9.59 Å². The van der Waals surface area contributed by atoms with Crippen LogP contribution in [0.3, 0.4) is 0 Å². The van der Waals surface area contributed by atoms with E-state index < -0.39 is 0 Å². The molecule has 1 aliphatic heterocycles. The van der Waals surface area contributed by atoms with Crippen LogP contribution in [0.5, 0.6) is 0 Å². The fraction of sp³-hybridized carbons (Fsp3) is 0.333. The predicted molar refractivity (Wildman–Crippen MR) is 102 cm³/mol. The summed E-state index contributed by atoms with van der Waals surface area (Å²) in [5.74, 6) is -0.297. The minimum Gasteiger partial charge on any atom is -0.301 e. The van der Waals surface area contributed by atoms with Crippen molar-refractivity contribution in [3.63, 3.8) is 0 Å². The molecule has 1 amide bonds. The van der Waals surface area contributed by atoms with Gasteiger partial charge in [0, 0.05) is 29.8 Å². The lowest BCUT2D eigenvalue weighted by molar-refractivity contribution is -0.117. The van der Waals surface area contributed by atoms with Gasteiger partial charge >= 0.3 is 0 Å². The van der Waals surface area contributed by atoms with Crippen molar-refractivity contribution in [1.82, 2.24) is 19.7 Å². The summed E-state index contributed by atoms with van der Waals surface area (Å²) in [7, 11) is 2.07. The third kappa shape index (κ3) is 3.13. The Morgan fingerprint density at radius 3 is 2.88 bits per heavy atom. The second-order valence-corrected chi connectivity index (χ2v) is 7.60. The van der Waals surface area contributed by atoms with Crippen molar-refractivity contribution in [2.24, 2.45) is 0 Å². The molecule has 0 atom stereocenters. The summed E-state index contributed by atoms with van der Waals surface area (Å²) in [6.07, 6.45) is 0.892. The molecule has 1 N–H and O–H groups in total. The molecule has 3 aromatic rings. The van der Waals surface area contributed by atoms with Crippen LogP contribution in [0.15, 0.2) is 29.1 Å². The van der Waals surface area contributed by atoms with Crippen molar-refractivity contribution in [2.45, 2.75) is 26.4 Å². The van der Waals surface area contributed by atoms with E-state index in [0.717, 1.165) is 36.3 Å². The number of nitrogens with one attached hydrogen (secondary N) is 1. The zero-order valence-corrected chi connectivity index (χ0v) is 15.5. The van der Waals surface area contributed by atoms with Gasteiger partial charge in [-0.2, -0.15) is 5.10 Å². The molecule has 0 saturated carbocycles. The van der Waals surface area contributed by atoms with Gasteiger partial charge in [-0.25, -0.2) is 9.67 Å². The fourth-order valence-electron chi connectivity index (χ4n) is 3.18. The Morgan fingerprint density at radius 1 is 1.31 bits per heavy atom. The average molecular weight is 369 g/mol. The van der Waals surface area contributed by atoms with Crippen LogP contribution in [0.4, 0.5) is 5.13 Å². The third-order valence-electron chi connectivity index (χ3n) is 4.51. The summed E-state index contributed by atoms with van der Waals surface area (Å²) in [4.78, 5) is 32.9. The number of hydrogen-bond acceptors (Lipinski definition) is 6. The number of carbonyl (C=O) groups is 1. The number of anilines is 1. The fourth-order valence-corrected chi connectivity index (χ4v) is 4.29. The first-order chi connectivity index (χ1) is 12.5. The maximum atomic E-state index is 12.6. The highest BCUT2D eigenvalue weighted by atomic mass is 32.1. The van der Waals surface area contributed by atoms with E-state index in [2.05, 4.69) is 27.3 Å². The summed E-state index contributed by atoms with van der Waals surface area (Å²) >= 11 is 1.50. The Morgan fingerprint density at radius 2 is 2.08 bits per heavy atom. The number of aryl methyl sites for hydroxylation is 1. The van der Waals surface area contributed by atoms with E-state index in [0.29, 0.717) is 10.5 Å². The molecule has 0 unspecified atom stereocenters. The number of benzene rings is 1.